The summed E-state index contributed by atoms with van der Waals surface area (Å²) in [5, 5.41) is 2.70. The number of nitrogens with zero attached hydrogens (tertiary/aromatic N) is 1. The van der Waals surface area contributed by atoms with Gasteiger partial charge in [-0.3, -0.25) is 9.59 Å². The molecule has 0 bridgehead atoms. The third-order valence-electron chi connectivity index (χ3n) is 4.95. The number of carbonyl (C=O) groups is 2. The fourth-order valence-corrected chi connectivity index (χ4v) is 3.76. The number of hydrogen-bond acceptors (Lipinski definition) is 5. The van der Waals surface area contributed by atoms with Gasteiger partial charge in [0, 0.05) is 24.6 Å². The number of alkyl halides is 3. The van der Waals surface area contributed by atoms with Gasteiger partial charge < -0.3 is 4.74 Å². The van der Waals surface area contributed by atoms with Crippen LogP contribution in [-0.2, 0) is 14.3 Å². The molecule has 0 saturated heterocycles. The Labute approximate surface area is 184 Å². The molecule has 0 N–H and O–H groups in total. The van der Waals surface area contributed by atoms with Crippen LogP contribution in [0.2, 0.25) is 0 Å². The average molecular weight is 456 g/mol. The zero-order valence-electron chi connectivity index (χ0n) is 17.8. The molecule has 1 aliphatic rings. The lowest BCUT2D eigenvalue weighted by Crippen LogP contribution is -2.35. The highest BCUT2D eigenvalue weighted by molar-refractivity contribution is 7.09. The van der Waals surface area contributed by atoms with Crippen molar-refractivity contribution in [2.24, 2.45) is 5.92 Å². The lowest BCUT2D eigenvalue weighted by Gasteiger charge is -2.23. The molecule has 0 radical (unpaired) electrons. The second-order valence-corrected chi connectivity index (χ2v) is 8.65. The molecule has 0 aromatic carbocycles. The first-order valence-corrected chi connectivity index (χ1v) is 11.2. The Morgan fingerprint density at radius 2 is 1.94 bits per heavy atom. The van der Waals surface area contributed by atoms with Gasteiger partial charge in [0.25, 0.3) is 0 Å². The number of ether oxygens (including phenoxy) is 1. The first-order chi connectivity index (χ1) is 14.7. The van der Waals surface area contributed by atoms with Gasteiger partial charge in [-0.05, 0) is 51.2 Å². The van der Waals surface area contributed by atoms with Crippen LogP contribution in [0.1, 0.15) is 62.6 Å². The van der Waals surface area contributed by atoms with Gasteiger partial charge in [-0.25, -0.2) is 4.98 Å². The molecule has 1 aliphatic heterocycles. The Morgan fingerprint density at radius 3 is 2.61 bits per heavy atom. The standard InChI is InChI=1S/C23H28F3NO3S/c1-16(14-18-15-31-17(2)27-18)21-11-9-7-5-3-4-6-8-10-19(28)12-13-20(22(29)30-21)23(24,25)26/h3-4,7,9,14-15,20-21H,5-6,8,10-13H2,1-2H3/b4-3+,9-7+,16-14+. The largest absolute Gasteiger partial charge is 0.457 e. The minimum absolute atomic E-state index is 0.206. The van der Waals surface area contributed by atoms with E-state index in [1.54, 1.807) is 13.0 Å². The minimum Gasteiger partial charge on any atom is -0.457 e. The summed E-state index contributed by atoms with van der Waals surface area (Å²) in [4.78, 5) is 28.8. The van der Waals surface area contributed by atoms with Crippen LogP contribution in [0.4, 0.5) is 13.2 Å². The molecule has 0 fully saturated rings. The summed E-state index contributed by atoms with van der Waals surface area (Å²) in [6, 6.07) is 0. The number of halogens is 3. The van der Waals surface area contributed by atoms with Crippen molar-refractivity contribution in [1.29, 1.82) is 0 Å². The Hall–Kier alpha value is -2.22. The van der Waals surface area contributed by atoms with Crippen molar-refractivity contribution >= 4 is 29.2 Å². The molecule has 2 rings (SSSR count). The van der Waals surface area contributed by atoms with Crippen LogP contribution in [-0.4, -0.2) is 29.0 Å². The third-order valence-corrected chi connectivity index (χ3v) is 5.74. The smallest absolute Gasteiger partial charge is 0.402 e. The zero-order valence-corrected chi connectivity index (χ0v) is 18.6. The molecule has 0 amide bonds. The highest BCUT2D eigenvalue weighted by atomic mass is 32.1. The number of Topliss-reactive ketones (excluding diaryl/α,β-unsaturated/α-hetero) is 1. The van der Waals surface area contributed by atoms with E-state index in [0.29, 0.717) is 30.5 Å². The van der Waals surface area contributed by atoms with Crippen molar-refractivity contribution < 1.29 is 27.5 Å². The van der Waals surface area contributed by atoms with Gasteiger partial charge in [0.15, 0.2) is 5.92 Å². The second-order valence-electron chi connectivity index (χ2n) is 7.58. The lowest BCUT2D eigenvalue weighted by atomic mass is 9.98. The van der Waals surface area contributed by atoms with Gasteiger partial charge in [0.1, 0.15) is 11.9 Å². The van der Waals surface area contributed by atoms with E-state index < -0.39 is 30.6 Å². The Kier molecular flexibility index (Phi) is 9.68. The Morgan fingerprint density at radius 1 is 1.19 bits per heavy atom. The molecule has 1 aromatic rings. The van der Waals surface area contributed by atoms with E-state index in [2.05, 4.69) is 4.98 Å². The Bertz CT molecular complexity index is 839. The number of esters is 1. The minimum atomic E-state index is -4.77. The van der Waals surface area contributed by atoms with Gasteiger partial charge in [-0.15, -0.1) is 11.3 Å². The molecule has 0 spiro atoms. The van der Waals surface area contributed by atoms with Crippen LogP contribution in [0.3, 0.4) is 0 Å². The van der Waals surface area contributed by atoms with E-state index in [4.69, 9.17) is 4.74 Å². The normalized spacial score (nSPS) is 25.1. The van der Waals surface area contributed by atoms with Crippen molar-refractivity contribution in [2.75, 3.05) is 0 Å². The summed E-state index contributed by atoms with van der Waals surface area (Å²) in [6.07, 6.45) is 5.28. The van der Waals surface area contributed by atoms with Gasteiger partial charge >= 0.3 is 12.1 Å². The van der Waals surface area contributed by atoms with Crippen LogP contribution in [0.25, 0.3) is 6.08 Å². The molecule has 2 unspecified atom stereocenters. The molecule has 2 atom stereocenters. The van der Waals surface area contributed by atoms with Crippen molar-refractivity contribution in [3.8, 4) is 0 Å². The predicted octanol–water partition coefficient (Wildman–Crippen LogP) is 6.37. The molecule has 31 heavy (non-hydrogen) atoms. The number of aromatic nitrogens is 1. The quantitative estimate of drug-likeness (QED) is 0.384. The van der Waals surface area contributed by atoms with E-state index >= 15 is 0 Å². The number of carbonyl (C=O) groups excluding carboxylic acids is 2. The third kappa shape index (κ3) is 8.81. The van der Waals surface area contributed by atoms with Crippen LogP contribution < -0.4 is 0 Å². The second kappa shape index (κ2) is 12.0. The Balaban J connectivity index is 2.26. The number of thiazole rings is 1. The van der Waals surface area contributed by atoms with Crippen molar-refractivity contribution in [3.63, 3.8) is 0 Å². The number of cyclic esters (lactones) is 1. The molecule has 1 aromatic heterocycles. The maximum absolute atomic E-state index is 13.5. The molecule has 8 heteroatoms. The summed E-state index contributed by atoms with van der Waals surface area (Å²) in [5.41, 5.74) is 1.28. The number of hydrogen-bond donors (Lipinski definition) is 0. The maximum Gasteiger partial charge on any atom is 0.402 e. The number of allylic oxidation sites excluding steroid dienone is 3. The van der Waals surface area contributed by atoms with Gasteiger partial charge in [-0.1, -0.05) is 24.3 Å². The topological polar surface area (TPSA) is 56.3 Å². The molecule has 4 nitrogen and oxygen atoms in total. The fourth-order valence-electron chi connectivity index (χ4n) is 3.19. The molecule has 0 aliphatic carbocycles. The van der Waals surface area contributed by atoms with Crippen LogP contribution in [0.15, 0.2) is 35.3 Å². The van der Waals surface area contributed by atoms with Crippen molar-refractivity contribution in [3.05, 3.63) is 46.0 Å². The summed E-state index contributed by atoms with van der Waals surface area (Å²) >= 11 is 1.46. The van der Waals surface area contributed by atoms with Crippen LogP contribution >= 0.6 is 11.3 Å². The maximum atomic E-state index is 13.5. The highest BCUT2D eigenvalue weighted by Gasteiger charge is 2.46. The van der Waals surface area contributed by atoms with Gasteiger partial charge in [0.2, 0.25) is 0 Å². The van der Waals surface area contributed by atoms with Crippen LogP contribution in [0, 0.1) is 12.8 Å². The number of aryl methyl sites for hydroxylation is 1. The first kappa shape index (κ1) is 25.0. The van der Waals surface area contributed by atoms with Gasteiger partial charge in [-0.2, -0.15) is 13.2 Å². The summed E-state index contributed by atoms with van der Waals surface area (Å²) in [5.74, 6) is -3.92. The average Bonchev–Trinajstić information content (AvgIpc) is 3.08. The van der Waals surface area contributed by atoms with E-state index in [1.165, 1.54) is 11.3 Å². The molecule has 0 saturated carbocycles. The van der Waals surface area contributed by atoms with Crippen molar-refractivity contribution in [2.45, 2.75) is 71.1 Å². The highest BCUT2D eigenvalue weighted by Crippen LogP contribution is 2.32. The monoisotopic (exact) mass is 455 g/mol. The van der Waals surface area contributed by atoms with Crippen molar-refractivity contribution in [1.82, 2.24) is 4.98 Å². The summed E-state index contributed by atoms with van der Waals surface area (Å²) in [7, 11) is 0. The van der Waals surface area contributed by atoms with E-state index in [-0.39, 0.29) is 25.0 Å². The zero-order chi connectivity index (χ0) is 22.9. The summed E-state index contributed by atoms with van der Waals surface area (Å²) in [6.45, 7) is 3.57. The van der Waals surface area contributed by atoms with Crippen LogP contribution in [0.5, 0.6) is 0 Å². The molecule has 170 valence electrons. The van der Waals surface area contributed by atoms with Gasteiger partial charge in [0.05, 0.1) is 10.7 Å². The molecular weight excluding hydrogens is 427 g/mol. The van der Waals surface area contributed by atoms with E-state index in [9.17, 15) is 22.8 Å². The number of rotatable bonds is 2. The summed E-state index contributed by atoms with van der Waals surface area (Å²) < 4.78 is 45.9. The van der Waals surface area contributed by atoms with E-state index in [0.717, 1.165) is 5.01 Å². The first-order valence-electron chi connectivity index (χ1n) is 10.4. The van der Waals surface area contributed by atoms with E-state index in [1.807, 2.05) is 36.6 Å². The lowest BCUT2D eigenvalue weighted by molar-refractivity contribution is -0.201. The predicted molar refractivity (Wildman–Crippen MR) is 116 cm³/mol. The number of ketones is 1. The SMILES string of the molecule is C/C(=C\c1csc(C)n1)C1C/C=C/C/C=C/CCCC(=O)CCC(C(F)(F)F)C(=O)O1. The fraction of sp³-hybridized carbons (Fsp3) is 0.522. The molecular formula is C23H28F3NO3S. The molecule has 2 heterocycles.